The molecule has 0 aliphatic heterocycles. The van der Waals surface area contributed by atoms with Crippen LogP contribution in [-0.4, -0.2) is 12.2 Å². The molecule has 0 fully saturated rings. The minimum Gasteiger partial charge on any atom is -0.497 e. The molecule has 1 N–H and O–H groups in total. The summed E-state index contributed by atoms with van der Waals surface area (Å²) in [6.07, 6.45) is -0.555. The zero-order chi connectivity index (χ0) is 10.7. The second kappa shape index (κ2) is 4.47. The van der Waals surface area contributed by atoms with Crippen molar-refractivity contribution in [3.8, 4) is 5.75 Å². The highest BCUT2D eigenvalue weighted by atomic mass is 32.1. The van der Waals surface area contributed by atoms with Crippen LogP contribution in [0.2, 0.25) is 0 Å². The van der Waals surface area contributed by atoms with E-state index < -0.39 is 6.10 Å². The molecule has 0 unspecified atom stereocenters. The molecule has 2 rings (SSSR count). The van der Waals surface area contributed by atoms with Crippen LogP contribution in [0, 0.1) is 0 Å². The number of aliphatic hydroxyl groups excluding tert-OH is 1. The minimum atomic E-state index is -0.555. The van der Waals surface area contributed by atoms with Gasteiger partial charge in [-0.2, -0.15) is 0 Å². The molecule has 2 aromatic rings. The third-order valence-electron chi connectivity index (χ3n) is 2.22. The molecule has 3 heteroatoms. The lowest BCUT2D eigenvalue weighted by atomic mass is 10.1. The average Bonchev–Trinajstić information content (AvgIpc) is 2.81. The number of benzene rings is 1. The monoisotopic (exact) mass is 220 g/mol. The minimum absolute atomic E-state index is 0.555. The van der Waals surface area contributed by atoms with Crippen molar-refractivity contribution in [1.82, 2.24) is 0 Å². The van der Waals surface area contributed by atoms with Gasteiger partial charge in [-0.05, 0) is 29.1 Å². The van der Waals surface area contributed by atoms with Crippen molar-refractivity contribution in [1.29, 1.82) is 0 Å². The Hall–Kier alpha value is -1.32. The molecule has 1 aromatic heterocycles. The molecular weight excluding hydrogens is 208 g/mol. The van der Waals surface area contributed by atoms with Crippen molar-refractivity contribution in [3.05, 3.63) is 52.2 Å². The molecule has 15 heavy (non-hydrogen) atoms. The van der Waals surface area contributed by atoms with E-state index in [9.17, 15) is 5.11 Å². The summed E-state index contributed by atoms with van der Waals surface area (Å²) in [6.45, 7) is 0. The Bertz CT molecular complexity index is 423. The van der Waals surface area contributed by atoms with Crippen LogP contribution >= 0.6 is 11.3 Å². The van der Waals surface area contributed by atoms with Gasteiger partial charge in [0.05, 0.1) is 7.11 Å². The standard InChI is InChI=1S/C12H12O2S/c1-14-10-5-2-4-9(8-10)12(13)11-6-3-7-15-11/h2-8,12-13H,1H3/t12-/m0/s1. The summed E-state index contributed by atoms with van der Waals surface area (Å²) in [5, 5.41) is 12.0. The number of aliphatic hydroxyl groups is 1. The van der Waals surface area contributed by atoms with Gasteiger partial charge in [-0.25, -0.2) is 0 Å². The van der Waals surface area contributed by atoms with Crippen LogP contribution in [0.5, 0.6) is 5.75 Å². The topological polar surface area (TPSA) is 29.5 Å². The molecular formula is C12H12O2S. The van der Waals surface area contributed by atoms with Crippen molar-refractivity contribution >= 4 is 11.3 Å². The van der Waals surface area contributed by atoms with Crippen LogP contribution in [-0.2, 0) is 0 Å². The lowest BCUT2D eigenvalue weighted by molar-refractivity contribution is 0.223. The molecule has 0 aliphatic carbocycles. The first-order chi connectivity index (χ1) is 7.31. The maximum absolute atomic E-state index is 10.1. The van der Waals surface area contributed by atoms with Crippen molar-refractivity contribution in [2.24, 2.45) is 0 Å². The average molecular weight is 220 g/mol. The first kappa shape index (κ1) is 10.2. The van der Waals surface area contributed by atoms with E-state index in [4.69, 9.17) is 4.74 Å². The summed E-state index contributed by atoms with van der Waals surface area (Å²) in [4.78, 5) is 0.947. The fourth-order valence-electron chi connectivity index (χ4n) is 1.42. The number of hydrogen-bond acceptors (Lipinski definition) is 3. The molecule has 1 aromatic carbocycles. The van der Waals surface area contributed by atoms with Crippen molar-refractivity contribution in [2.75, 3.05) is 7.11 Å². The summed E-state index contributed by atoms with van der Waals surface area (Å²) < 4.78 is 5.11. The Morgan fingerprint density at radius 3 is 2.80 bits per heavy atom. The van der Waals surface area contributed by atoms with Crippen LogP contribution in [0.15, 0.2) is 41.8 Å². The lowest BCUT2D eigenvalue weighted by Crippen LogP contribution is -1.97. The zero-order valence-electron chi connectivity index (χ0n) is 8.38. The summed E-state index contributed by atoms with van der Waals surface area (Å²) in [7, 11) is 1.62. The maximum atomic E-state index is 10.1. The molecule has 78 valence electrons. The molecule has 2 nitrogen and oxygen atoms in total. The van der Waals surface area contributed by atoms with Gasteiger partial charge in [0.2, 0.25) is 0 Å². The van der Waals surface area contributed by atoms with Gasteiger partial charge in [-0.3, -0.25) is 0 Å². The highest BCUT2D eigenvalue weighted by molar-refractivity contribution is 7.10. The summed E-state index contributed by atoms with van der Waals surface area (Å²) >= 11 is 1.55. The second-order valence-electron chi connectivity index (χ2n) is 3.19. The zero-order valence-corrected chi connectivity index (χ0v) is 9.20. The fourth-order valence-corrected chi connectivity index (χ4v) is 2.16. The molecule has 0 spiro atoms. The first-order valence-electron chi connectivity index (χ1n) is 4.66. The first-order valence-corrected chi connectivity index (χ1v) is 5.54. The largest absolute Gasteiger partial charge is 0.497 e. The molecule has 0 saturated heterocycles. The Labute approximate surface area is 92.8 Å². The summed E-state index contributed by atoms with van der Waals surface area (Å²) in [5.74, 6) is 0.767. The van der Waals surface area contributed by atoms with Gasteiger partial charge in [0.25, 0.3) is 0 Å². The quantitative estimate of drug-likeness (QED) is 0.861. The van der Waals surface area contributed by atoms with Crippen LogP contribution in [0.4, 0.5) is 0 Å². The van der Waals surface area contributed by atoms with E-state index in [0.29, 0.717) is 0 Å². The van der Waals surface area contributed by atoms with Crippen molar-refractivity contribution in [3.63, 3.8) is 0 Å². The van der Waals surface area contributed by atoms with E-state index in [-0.39, 0.29) is 0 Å². The van der Waals surface area contributed by atoms with Crippen LogP contribution < -0.4 is 4.74 Å². The predicted octanol–water partition coefficient (Wildman–Crippen LogP) is 2.84. The van der Waals surface area contributed by atoms with E-state index >= 15 is 0 Å². The van der Waals surface area contributed by atoms with Gasteiger partial charge >= 0.3 is 0 Å². The van der Waals surface area contributed by atoms with Gasteiger partial charge in [0.1, 0.15) is 11.9 Å². The molecule has 0 bridgehead atoms. The Morgan fingerprint density at radius 1 is 1.27 bits per heavy atom. The van der Waals surface area contributed by atoms with Gasteiger partial charge < -0.3 is 9.84 Å². The van der Waals surface area contributed by atoms with Crippen LogP contribution in [0.3, 0.4) is 0 Å². The number of thiophene rings is 1. The van der Waals surface area contributed by atoms with E-state index in [1.54, 1.807) is 18.4 Å². The molecule has 1 heterocycles. The molecule has 0 radical (unpaired) electrons. The third-order valence-corrected chi connectivity index (χ3v) is 3.15. The molecule has 0 aliphatic rings. The predicted molar refractivity (Wildman–Crippen MR) is 61.4 cm³/mol. The van der Waals surface area contributed by atoms with Crippen molar-refractivity contribution < 1.29 is 9.84 Å². The van der Waals surface area contributed by atoms with Gasteiger partial charge in [0, 0.05) is 4.88 Å². The van der Waals surface area contributed by atoms with E-state index in [1.807, 2.05) is 41.8 Å². The van der Waals surface area contributed by atoms with Gasteiger partial charge in [0.15, 0.2) is 0 Å². The van der Waals surface area contributed by atoms with Crippen molar-refractivity contribution in [2.45, 2.75) is 6.10 Å². The Morgan fingerprint density at radius 2 is 2.13 bits per heavy atom. The lowest BCUT2D eigenvalue weighted by Gasteiger charge is -2.09. The number of rotatable bonds is 3. The number of methoxy groups -OCH3 is 1. The third kappa shape index (κ3) is 2.19. The number of ether oxygens (including phenoxy) is 1. The maximum Gasteiger partial charge on any atom is 0.119 e. The van der Waals surface area contributed by atoms with E-state index in [0.717, 1.165) is 16.2 Å². The molecule has 0 saturated carbocycles. The molecule has 1 atom stereocenters. The SMILES string of the molecule is COc1cccc([C@H](O)c2cccs2)c1. The van der Waals surface area contributed by atoms with Gasteiger partial charge in [-0.15, -0.1) is 11.3 Å². The number of hydrogen-bond donors (Lipinski definition) is 1. The normalized spacial score (nSPS) is 12.4. The highest BCUT2D eigenvalue weighted by Gasteiger charge is 2.11. The Kier molecular flexibility index (Phi) is 3.04. The van der Waals surface area contributed by atoms with E-state index in [2.05, 4.69) is 0 Å². The van der Waals surface area contributed by atoms with Gasteiger partial charge in [-0.1, -0.05) is 18.2 Å². The summed E-state index contributed by atoms with van der Waals surface area (Å²) in [5.41, 5.74) is 0.858. The smallest absolute Gasteiger partial charge is 0.119 e. The van der Waals surface area contributed by atoms with Crippen LogP contribution in [0.25, 0.3) is 0 Å². The molecule has 0 amide bonds. The fraction of sp³-hybridized carbons (Fsp3) is 0.167. The second-order valence-corrected chi connectivity index (χ2v) is 4.17. The van der Waals surface area contributed by atoms with Crippen LogP contribution in [0.1, 0.15) is 16.5 Å². The Balaban J connectivity index is 2.29. The highest BCUT2D eigenvalue weighted by Crippen LogP contribution is 2.27. The van der Waals surface area contributed by atoms with E-state index in [1.165, 1.54) is 0 Å². The summed E-state index contributed by atoms with van der Waals surface area (Å²) in [6, 6.07) is 11.4.